The number of hydrogen-bond donors (Lipinski definition) is 1. The monoisotopic (exact) mass is 678 g/mol. The number of ether oxygens (including phenoxy) is 8. The minimum atomic E-state index is -0.268. The Morgan fingerprint density at radius 1 is 0.776 bits per heavy atom. The smallest absolute Gasteiger partial charge is 0.203 e. The van der Waals surface area contributed by atoms with E-state index in [1.54, 1.807) is 49.6 Å². The van der Waals surface area contributed by atoms with Gasteiger partial charge in [0.15, 0.2) is 28.8 Å². The normalized spacial score (nSPS) is 21.4. The summed E-state index contributed by atoms with van der Waals surface area (Å²) in [6.07, 6.45) is 1.50. The van der Waals surface area contributed by atoms with Crippen LogP contribution in [0.1, 0.15) is 59.5 Å². The predicted octanol–water partition coefficient (Wildman–Crippen LogP) is 6.82. The summed E-state index contributed by atoms with van der Waals surface area (Å²) >= 11 is 0. The highest BCUT2D eigenvalue weighted by Crippen LogP contribution is 2.47. The van der Waals surface area contributed by atoms with Crippen LogP contribution in [0, 0.1) is 17.8 Å². The first-order chi connectivity index (χ1) is 23.7. The minimum Gasteiger partial charge on any atom is -0.493 e. The summed E-state index contributed by atoms with van der Waals surface area (Å²) in [6, 6.07) is 15.3. The van der Waals surface area contributed by atoms with E-state index in [9.17, 15) is 9.90 Å². The second-order valence-electron chi connectivity index (χ2n) is 12.1. The summed E-state index contributed by atoms with van der Waals surface area (Å²) in [5.74, 6) is 4.03. The Balaban J connectivity index is 0.000000237. The molecule has 5 rings (SSSR count). The highest BCUT2D eigenvalue weighted by Gasteiger charge is 2.38. The molecule has 10 heteroatoms. The van der Waals surface area contributed by atoms with Crippen LogP contribution in [0.3, 0.4) is 0 Å². The Morgan fingerprint density at radius 3 is 1.67 bits per heavy atom. The van der Waals surface area contributed by atoms with Crippen LogP contribution in [0.4, 0.5) is 0 Å². The molecule has 10 nitrogen and oxygen atoms in total. The van der Waals surface area contributed by atoms with Crippen molar-refractivity contribution in [3.05, 3.63) is 82.9 Å². The topological polar surface area (TPSA) is 111 Å². The molecule has 0 amide bonds. The van der Waals surface area contributed by atoms with Gasteiger partial charge in [-0.2, -0.15) is 0 Å². The van der Waals surface area contributed by atoms with E-state index in [0.717, 1.165) is 35.1 Å². The van der Waals surface area contributed by atoms with Crippen molar-refractivity contribution in [1.29, 1.82) is 0 Å². The zero-order valence-corrected chi connectivity index (χ0v) is 29.9. The molecule has 5 atom stereocenters. The second kappa shape index (κ2) is 17.4. The van der Waals surface area contributed by atoms with Gasteiger partial charge in [0, 0.05) is 24.0 Å². The van der Waals surface area contributed by atoms with Crippen molar-refractivity contribution in [2.24, 2.45) is 17.8 Å². The third-order valence-electron chi connectivity index (χ3n) is 9.36. The van der Waals surface area contributed by atoms with Gasteiger partial charge in [-0.25, -0.2) is 0 Å². The molecule has 0 bridgehead atoms. The molecule has 0 saturated carbocycles. The molecule has 0 spiro atoms. The summed E-state index contributed by atoms with van der Waals surface area (Å²) in [5, 5.41) is 10.1. The lowest BCUT2D eigenvalue weighted by Gasteiger charge is -2.23. The maximum Gasteiger partial charge on any atom is 0.203 e. The zero-order valence-electron chi connectivity index (χ0n) is 29.9. The minimum absolute atomic E-state index is 0.00112. The van der Waals surface area contributed by atoms with E-state index >= 15 is 0 Å². The molecular weight excluding hydrogens is 628 g/mol. The van der Waals surface area contributed by atoms with Crippen LogP contribution in [0.25, 0.3) is 0 Å². The van der Waals surface area contributed by atoms with E-state index in [2.05, 4.69) is 13.5 Å². The highest BCUT2D eigenvalue weighted by molar-refractivity contribution is 5.94. The quantitative estimate of drug-likeness (QED) is 0.153. The van der Waals surface area contributed by atoms with Crippen LogP contribution in [-0.2, 0) is 15.9 Å². The highest BCUT2D eigenvalue weighted by atomic mass is 16.5. The number of Topliss-reactive ketones (excluding diaryl/α,β-unsaturated/α-hetero) is 1. The van der Waals surface area contributed by atoms with Crippen molar-refractivity contribution in [1.82, 2.24) is 0 Å². The summed E-state index contributed by atoms with van der Waals surface area (Å²) in [7, 11) is 9.56. The Bertz CT molecular complexity index is 1520. The average Bonchev–Trinajstić information content (AvgIpc) is 3.72. The van der Waals surface area contributed by atoms with Crippen LogP contribution in [0.5, 0.6) is 34.5 Å². The first kappa shape index (κ1) is 37.6. The number of aliphatic hydroxyl groups excluding tert-OH is 1. The molecule has 3 aromatic carbocycles. The molecule has 3 aromatic rings. The van der Waals surface area contributed by atoms with Gasteiger partial charge < -0.3 is 43.0 Å². The number of carbonyl (C=O) groups is 1. The molecular formula is C39H50O10. The van der Waals surface area contributed by atoms with Crippen LogP contribution in [0.2, 0.25) is 0 Å². The number of carbonyl (C=O) groups excluding carboxylic acids is 1. The summed E-state index contributed by atoms with van der Waals surface area (Å²) in [5.41, 5.74) is 4.88. The van der Waals surface area contributed by atoms with E-state index in [1.807, 2.05) is 48.5 Å². The lowest BCUT2D eigenvalue weighted by molar-refractivity contribution is 0.0715. The van der Waals surface area contributed by atoms with Crippen LogP contribution < -0.4 is 28.4 Å². The fraction of sp³-hybridized carbons (Fsp3) is 0.462. The third kappa shape index (κ3) is 8.32. The van der Waals surface area contributed by atoms with E-state index in [0.29, 0.717) is 59.2 Å². The number of benzene rings is 3. The molecule has 49 heavy (non-hydrogen) atoms. The number of ketones is 1. The molecule has 266 valence electrons. The van der Waals surface area contributed by atoms with Crippen LogP contribution in [-0.4, -0.2) is 73.4 Å². The SMILES string of the molecule is C=C1CO[C@H](c2cc(OC)c(OC)c(OC)c2)[C@H]1CC.COc1cc([C@H]2OC[C@H](Cc3ccc(C(C)=O)cc3)[C@@H]2CO)cc(OC)c1OC. The Labute approximate surface area is 289 Å². The first-order valence-electron chi connectivity index (χ1n) is 16.4. The predicted molar refractivity (Wildman–Crippen MR) is 187 cm³/mol. The maximum absolute atomic E-state index is 11.5. The van der Waals surface area contributed by atoms with Crippen molar-refractivity contribution in [3.8, 4) is 34.5 Å². The average molecular weight is 679 g/mol. The van der Waals surface area contributed by atoms with Crippen molar-refractivity contribution in [2.45, 2.75) is 38.9 Å². The van der Waals surface area contributed by atoms with Gasteiger partial charge >= 0.3 is 0 Å². The molecule has 2 heterocycles. The molecule has 1 N–H and O–H groups in total. The molecule has 0 radical (unpaired) electrons. The standard InChI is InChI=1S/C23H28O6.C16H22O4/c1-14(25)16-7-5-15(6-8-16)9-18-13-29-22(19(18)12-24)17-10-20(26-2)23(28-4)21(11-17)27-3;1-6-12-10(2)9-20-15(12)11-7-13(17-3)16(19-5)14(8-11)18-4/h5-8,10-11,18-19,22,24H,9,12-13H2,1-4H3;7-8,12,15H,2,6,9H2,1,3-5H3/t18-,19-,22+;12-,15+/m00/s1. The molecule has 0 unspecified atom stereocenters. The molecule has 2 saturated heterocycles. The van der Waals surface area contributed by atoms with E-state index < -0.39 is 0 Å². The van der Waals surface area contributed by atoms with Gasteiger partial charge in [0.25, 0.3) is 0 Å². The lowest BCUT2D eigenvalue weighted by atomic mass is 9.84. The van der Waals surface area contributed by atoms with E-state index in [-0.39, 0.29) is 36.4 Å². The molecule has 2 aliphatic heterocycles. The Kier molecular flexibility index (Phi) is 13.4. The van der Waals surface area contributed by atoms with Crippen LogP contribution >= 0.6 is 0 Å². The third-order valence-corrected chi connectivity index (χ3v) is 9.36. The van der Waals surface area contributed by atoms with E-state index in [4.69, 9.17) is 37.9 Å². The lowest BCUT2D eigenvalue weighted by Crippen LogP contribution is -2.21. The zero-order chi connectivity index (χ0) is 35.7. The van der Waals surface area contributed by atoms with Crippen LogP contribution in [0.15, 0.2) is 60.7 Å². The summed E-state index contributed by atoms with van der Waals surface area (Å²) in [6.45, 7) is 8.96. The second-order valence-corrected chi connectivity index (χ2v) is 12.1. The Hall–Kier alpha value is -4.25. The maximum atomic E-state index is 11.5. The van der Waals surface area contributed by atoms with Crippen molar-refractivity contribution in [2.75, 3.05) is 62.5 Å². The molecule has 0 aromatic heterocycles. The summed E-state index contributed by atoms with van der Waals surface area (Å²) in [4.78, 5) is 11.5. The Morgan fingerprint density at radius 2 is 1.27 bits per heavy atom. The van der Waals surface area contributed by atoms with Gasteiger partial charge in [-0.15, -0.1) is 0 Å². The van der Waals surface area contributed by atoms with Gasteiger partial charge in [0.05, 0.1) is 68.1 Å². The molecule has 2 fully saturated rings. The number of hydrogen-bond acceptors (Lipinski definition) is 10. The molecule has 0 aliphatic carbocycles. The first-order valence-corrected chi connectivity index (χ1v) is 16.4. The number of aliphatic hydroxyl groups is 1. The van der Waals surface area contributed by atoms with Crippen molar-refractivity contribution < 1.29 is 47.8 Å². The molecule has 2 aliphatic rings. The fourth-order valence-corrected chi connectivity index (χ4v) is 6.70. The van der Waals surface area contributed by atoms with Crippen molar-refractivity contribution >= 4 is 5.78 Å². The fourth-order valence-electron chi connectivity index (χ4n) is 6.70. The van der Waals surface area contributed by atoms with Gasteiger partial charge in [-0.3, -0.25) is 4.79 Å². The van der Waals surface area contributed by atoms with Gasteiger partial charge in [0.2, 0.25) is 11.5 Å². The largest absolute Gasteiger partial charge is 0.493 e. The van der Waals surface area contributed by atoms with Crippen molar-refractivity contribution in [3.63, 3.8) is 0 Å². The van der Waals surface area contributed by atoms with Gasteiger partial charge in [-0.1, -0.05) is 37.8 Å². The summed E-state index contributed by atoms with van der Waals surface area (Å²) < 4.78 is 44.4. The van der Waals surface area contributed by atoms with Gasteiger partial charge in [0.1, 0.15) is 0 Å². The van der Waals surface area contributed by atoms with E-state index in [1.165, 1.54) is 0 Å². The van der Waals surface area contributed by atoms with Gasteiger partial charge in [-0.05, 0) is 72.2 Å². The number of methoxy groups -OCH3 is 6. The number of rotatable bonds is 13.